The van der Waals surface area contributed by atoms with E-state index in [-0.39, 0.29) is 24.0 Å². The van der Waals surface area contributed by atoms with Crippen molar-refractivity contribution < 1.29 is 22.7 Å². The van der Waals surface area contributed by atoms with Gasteiger partial charge in [-0.2, -0.15) is 4.31 Å². The normalized spacial score (nSPS) is 15.1. The third kappa shape index (κ3) is 4.63. The molecule has 1 heterocycles. The summed E-state index contributed by atoms with van der Waals surface area (Å²) < 4.78 is 37.4. The lowest BCUT2D eigenvalue weighted by atomic mass is 10.2. The Morgan fingerprint density at radius 1 is 0.931 bits per heavy atom. The topological polar surface area (TPSA) is 88.2 Å². The third-order valence-electron chi connectivity index (χ3n) is 4.82. The van der Waals surface area contributed by atoms with Gasteiger partial charge in [-0.1, -0.05) is 17.7 Å². The van der Waals surface area contributed by atoms with Crippen molar-refractivity contribution in [3.8, 4) is 11.5 Å². The van der Waals surface area contributed by atoms with Crippen LogP contribution >= 0.6 is 0 Å². The number of nitrogens with one attached hydrogen (secondary N) is 1. The zero-order valence-electron chi connectivity index (χ0n) is 16.7. The minimum absolute atomic E-state index is 0.246. The molecule has 0 atom stereocenters. The highest BCUT2D eigenvalue weighted by molar-refractivity contribution is 7.89. The van der Waals surface area contributed by atoms with Gasteiger partial charge in [0.25, 0.3) is 0 Å². The molecule has 0 unspecified atom stereocenters. The molecule has 2 amide bonds. The first-order valence-corrected chi connectivity index (χ1v) is 10.6. The number of amides is 2. The molecule has 8 nitrogen and oxygen atoms in total. The minimum Gasteiger partial charge on any atom is -0.493 e. The first-order chi connectivity index (χ1) is 13.8. The average molecular weight is 420 g/mol. The van der Waals surface area contributed by atoms with E-state index in [1.165, 1.54) is 11.4 Å². The molecule has 0 aliphatic carbocycles. The zero-order chi connectivity index (χ0) is 21.0. The Balaban J connectivity index is 1.61. The quantitative estimate of drug-likeness (QED) is 0.805. The summed E-state index contributed by atoms with van der Waals surface area (Å²) in [5.74, 6) is 1.08. The van der Waals surface area contributed by atoms with E-state index in [0.717, 1.165) is 5.56 Å². The van der Waals surface area contributed by atoms with Gasteiger partial charge in [0.1, 0.15) is 0 Å². The molecule has 0 bridgehead atoms. The molecule has 156 valence electrons. The van der Waals surface area contributed by atoms with E-state index in [0.29, 0.717) is 30.3 Å². The van der Waals surface area contributed by atoms with Crippen LogP contribution in [0.1, 0.15) is 5.56 Å². The summed E-state index contributed by atoms with van der Waals surface area (Å²) in [6.45, 7) is 3.02. The summed E-state index contributed by atoms with van der Waals surface area (Å²) in [5, 5.41) is 2.81. The molecule has 0 radical (unpaired) electrons. The summed E-state index contributed by atoms with van der Waals surface area (Å²) in [4.78, 5) is 14.4. The maximum Gasteiger partial charge on any atom is 0.321 e. The number of piperazine rings is 1. The van der Waals surface area contributed by atoms with Gasteiger partial charge in [0, 0.05) is 37.9 Å². The molecule has 0 spiro atoms. The van der Waals surface area contributed by atoms with Gasteiger partial charge in [0.15, 0.2) is 11.5 Å². The first kappa shape index (κ1) is 20.9. The number of nitrogens with zero attached hydrogens (tertiary/aromatic N) is 2. The fourth-order valence-electron chi connectivity index (χ4n) is 3.11. The Morgan fingerprint density at radius 2 is 1.55 bits per heavy atom. The van der Waals surface area contributed by atoms with E-state index >= 15 is 0 Å². The SMILES string of the molecule is COc1ccc(NC(=O)N2CCN(S(=O)(=O)c3ccc(C)cc3)CC2)cc1OC. The van der Waals surface area contributed by atoms with E-state index in [4.69, 9.17) is 9.47 Å². The predicted molar refractivity (Wildman–Crippen MR) is 110 cm³/mol. The lowest BCUT2D eigenvalue weighted by molar-refractivity contribution is 0.184. The van der Waals surface area contributed by atoms with Gasteiger partial charge in [0.05, 0.1) is 19.1 Å². The molecule has 1 fully saturated rings. The van der Waals surface area contributed by atoms with Crippen molar-refractivity contribution in [2.75, 3.05) is 45.7 Å². The van der Waals surface area contributed by atoms with Crippen LogP contribution in [0.3, 0.4) is 0 Å². The molecule has 1 N–H and O–H groups in total. The van der Waals surface area contributed by atoms with Crippen molar-refractivity contribution in [2.24, 2.45) is 0 Å². The van der Waals surface area contributed by atoms with Crippen molar-refractivity contribution in [3.63, 3.8) is 0 Å². The highest BCUT2D eigenvalue weighted by Gasteiger charge is 2.30. The van der Waals surface area contributed by atoms with Crippen molar-refractivity contribution in [1.29, 1.82) is 0 Å². The van der Waals surface area contributed by atoms with Gasteiger partial charge in [-0.05, 0) is 31.2 Å². The monoisotopic (exact) mass is 419 g/mol. The fourth-order valence-corrected chi connectivity index (χ4v) is 4.53. The molecule has 2 aromatic carbocycles. The number of ether oxygens (including phenoxy) is 2. The van der Waals surface area contributed by atoms with Crippen molar-refractivity contribution in [1.82, 2.24) is 9.21 Å². The van der Waals surface area contributed by atoms with Crippen LogP contribution in [0.2, 0.25) is 0 Å². The standard InChI is InChI=1S/C20H25N3O5S/c1-15-4-7-17(8-5-15)29(25,26)23-12-10-22(11-13-23)20(24)21-16-6-9-18(27-2)19(14-16)28-3/h4-9,14H,10-13H2,1-3H3,(H,21,24). The van der Waals surface area contributed by atoms with Crippen LogP contribution in [-0.2, 0) is 10.0 Å². The number of carbonyl (C=O) groups is 1. The van der Waals surface area contributed by atoms with Crippen LogP contribution in [0.25, 0.3) is 0 Å². The number of anilines is 1. The molecule has 1 aliphatic rings. The number of benzene rings is 2. The summed E-state index contributed by atoms with van der Waals surface area (Å²) in [6.07, 6.45) is 0. The molecule has 0 aromatic heterocycles. The van der Waals surface area contributed by atoms with Crippen LogP contribution in [0.15, 0.2) is 47.4 Å². The zero-order valence-corrected chi connectivity index (χ0v) is 17.5. The summed E-state index contributed by atoms with van der Waals surface area (Å²) in [7, 11) is -0.492. The van der Waals surface area contributed by atoms with E-state index in [9.17, 15) is 13.2 Å². The summed E-state index contributed by atoms with van der Waals surface area (Å²) >= 11 is 0. The number of hydrogen-bond acceptors (Lipinski definition) is 5. The number of rotatable bonds is 5. The molecule has 1 aliphatic heterocycles. The van der Waals surface area contributed by atoms with Gasteiger partial charge in [-0.3, -0.25) is 0 Å². The Kier molecular flexibility index (Phi) is 6.29. The number of aryl methyl sites for hydroxylation is 1. The Hall–Kier alpha value is -2.78. The lowest BCUT2D eigenvalue weighted by Gasteiger charge is -2.34. The Labute approximate surface area is 171 Å². The Bertz CT molecular complexity index is 968. The third-order valence-corrected chi connectivity index (χ3v) is 6.73. The molecule has 9 heteroatoms. The number of carbonyl (C=O) groups excluding carboxylic acids is 1. The largest absolute Gasteiger partial charge is 0.493 e. The molecular formula is C20H25N3O5S. The maximum absolute atomic E-state index is 12.8. The average Bonchev–Trinajstić information content (AvgIpc) is 2.74. The summed E-state index contributed by atoms with van der Waals surface area (Å²) in [6, 6.07) is 11.6. The van der Waals surface area contributed by atoms with Gasteiger partial charge >= 0.3 is 6.03 Å². The van der Waals surface area contributed by atoms with Crippen molar-refractivity contribution >= 4 is 21.7 Å². The molecular weight excluding hydrogens is 394 g/mol. The minimum atomic E-state index is -3.56. The van der Waals surface area contributed by atoms with Crippen LogP contribution in [0, 0.1) is 6.92 Å². The van der Waals surface area contributed by atoms with Crippen molar-refractivity contribution in [2.45, 2.75) is 11.8 Å². The van der Waals surface area contributed by atoms with Gasteiger partial charge in [-0.15, -0.1) is 0 Å². The number of sulfonamides is 1. The Morgan fingerprint density at radius 3 is 2.14 bits per heavy atom. The highest BCUT2D eigenvalue weighted by Crippen LogP contribution is 2.30. The van der Waals surface area contributed by atoms with E-state index < -0.39 is 10.0 Å². The van der Waals surface area contributed by atoms with Crippen LogP contribution in [0.4, 0.5) is 10.5 Å². The lowest BCUT2D eigenvalue weighted by Crippen LogP contribution is -2.51. The van der Waals surface area contributed by atoms with Crippen LogP contribution in [0.5, 0.6) is 11.5 Å². The maximum atomic E-state index is 12.8. The van der Waals surface area contributed by atoms with Crippen molar-refractivity contribution in [3.05, 3.63) is 48.0 Å². The number of methoxy groups -OCH3 is 2. The second kappa shape index (κ2) is 8.71. The van der Waals surface area contributed by atoms with Crippen LogP contribution in [-0.4, -0.2) is 64.1 Å². The molecule has 3 rings (SSSR count). The second-order valence-electron chi connectivity index (χ2n) is 6.70. The number of hydrogen-bond donors (Lipinski definition) is 1. The molecule has 1 saturated heterocycles. The number of urea groups is 1. The predicted octanol–water partition coefficient (Wildman–Crippen LogP) is 2.55. The summed E-state index contributed by atoms with van der Waals surface area (Å²) in [5.41, 5.74) is 1.57. The van der Waals surface area contributed by atoms with Gasteiger partial charge < -0.3 is 19.7 Å². The molecule has 29 heavy (non-hydrogen) atoms. The highest BCUT2D eigenvalue weighted by atomic mass is 32.2. The van der Waals surface area contributed by atoms with Crippen LogP contribution < -0.4 is 14.8 Å². The second-order valence-corrected chi connectivity index (χ2v) is 8.64. The molecule has 0 saturated carbocycles. The van der Waals surface area contributed by atoms with E-state index in [1.54, 1.807) is 54.5 Å². The van der Waals surface area contributed by atoms with Gasteiger partial charge in [0.2, 0.25) is 10.0 Å². The van der Waals surface area contributed by atoms with E-state index in [2.05, 4.69) is 5.32 Å². The first-order valence-electron chi connectivity index (χ1n) is 9.20. The molecule has 2 aromatic rings. The van der Waals surface area contributed by atoms with E-state index in [1.807, 2.05) is 6.92 Å². The van der Waals surface area contributed by atoms with Gasteiger partial charge in [-0.25, -0.2) is 13.2 Å². The fraction of sp³-hybridized carbons (Fsp3) is 0.350. The smallest absolute Gasteiger partial charge is 0.321 e.